The molecule has 3 amide bonds. The van der Waals surface area contributed by atoms with Crippen molar-refractivity contribution in [1.82, 2.24) is 10.2 Å². The van der Waals surface area contributed by atoms with E-state index in [9.17, 15) is 14.4 Å². The minimum absolute atomic E-state index is 0. The number of halogens is 1. The number of benzene rings is 1. The zero-order valence-corrected chi connectivity index (χ0v) is 14.7. The van der Waals surface area contributed by atoms with E-state index in [2.05, 4.69) is 10.6 Å². The number of imide groups is 1. The van der Waals surface area contributed by atoms with Gasteiger partial charge in [0.1, 0.15) is 5.75 Å². The highest BCUT2D eigenvalue weighted by Crippen LogP contribution is 2.17. The Kier molecular flexibility index (Phi) is 8.17. The van der Waals surface area contributed by atoms with Gasteiger partial charge < -0.3 is 15.2 Å². The Morgan fingerprint density at radius 1 is 1.20 bits per heavy atom. The van der Waals surface area contributed by atoms with Crippen LogP contribution in [0.4, 0.5) is 10.5 Å². The van der Waals surface area contributed by atoms with Gasteiger partial charge in [-0.3, -0.25) is 19.8 Å². The van der Waals surface area contributed by atoms with Crippen LogP contribution in [-0.4, -0.2) is 54.7 Å². The fourth-order valence-electron chi connectivity index (χ4n) is 2.54. The molecule has 0 atom stereocenters. The van der Waals surface area contributed by atoms with Gasteiger partial charge in [0.05, 0.1) is 19.6 Å². The maximum absolute atomic E-state index is 11.9. The van der Waals surface area contributed by atoms with E-state index in [1.165, 1.54) is 0 Å². The minimum Gasteiger partial charge on any atom is -0.497 e. The molecule has 2 rings (SSSR count). The van der Waals surface area contributed by atoms with Crippen molar-refractivity contribution in [2.24, 2.45) is 5.92 Å². The first-order valence-electron chi connectivity index (χ1n) is 7.68. The number of nitrogens with one attached hydrogen (secondary N) is 2. The summed E-state index contributed by atoms with van der Waals surface area (Å²) in [6, 6.07) is 6.12. The normalized spacial score (nSPS) is 14.9. The molecule has 1 aliphatic heterocycles. The molecule has 25 heavy (non-hydrogen) atoms. The van der Waals surface area contributed by atoms with Crippen LogP contribution < -0.4 is 15.4 Å². The van der Waals surface area contributed by atoms with Crippen LogP contribution in [-0.2, 0) is 9.59 Å². The molecule has 0 aromatic heterocycles. The Morgan fingerprint density at radius 3 is 2.32 bits per heavy atom. The Morgan fingerprint density at radius 2 is 1.80 bits per heavy atom. The van der Waals surface area contributed by atoms with Crippen molar-refractivity contribution in [3.05, 3.63) is 24.3 Å². The Balaban J connectivity index is 0.00000312. The number of piperidine rings is 1. The second-order valence-electron chi connectivity index (χ2n) is 5.62. The first-order chi connectivity index (χ1) is 11.5. The average molecular weight is 372 g/mol. The molecule has 138 valence electrons. The SMILES string of the molecule is COc1ccc(NC(=O)NC(=O)CN2CCC(C(=O)O)CC2)cc1.Cl. The van der Waals surface area contributed by atoms with Gasteiger partial charge in [0.25, 0.3) is 0 Å². The lowest BCUT2D eigenvalue weighted by molar-refractivity contribution is -0.143. The third kappa shape index (κ3) is 6.60. The van der Waals surface area contributed by atoms with Crippen molar-refractivity contribution >= 4 is 36.0 Å². The van der Waals surface area contributed by atoms with Crippen LogP contribution in [0.3, 0.4) is 0 Å². The lowest BCUT2D eigenvalue weighted by atomic mass is 9.97. The molecule has 0 radical (unpaired) electrons. The van der Waals surface area contributed by atoms with Crippen LogP contribution in [0, 0.1) is 5.92 Å². The second-order valence-corrected chi connectivity index (χ2v) is 5.62. The first kappa shape index (κ1) is 20.7. The summed E-state index contributed by atoms with van der Waals surface area (Å²) >= 11 is 0. The van der Waals surface area contributed by atoms with Gasteiger partial charge in [-0.15, -0.1) is 12.4 Å². The third-order valence-corrected chi connectivity index (χ3v) is 3.90. The summed E-state index contributed by atoms with van der Waals surface area (Å²) in [5.41, 5.74) is 0.545. The monoisotopic (exact) mass is 371 g/mol. The maximum atomic E-state index is 11.9. The number of hydrogen-bond acceptors (Lipinski definition) is 5. The van der Waals surface area contributed by atoms with E-state index in [4.69, 9.17) is 9.84 Å². The predicted octanol–water partition coefficient (Wildman–Crippen LogP) is 1.56. The van der Waals surface area contributed by atoms with Gasteiger partial charge in [-0.05, 0) is 50.2 Å². The van der Waals surface area contributed by atoms with Crippen LogP contribution in [0.15, 0.2) is 24.3 Å². The molecule has 0 aliphatic carbocycles. The molecule has 1 aromatic rings. The fraction of sp³-hybridized carbons (Fsp3) is 0.438. The topological polar surface area (TPSA) is 108 Å². The zero-order valence-electron chi connectivity index (χ0n) is 13.9. The largest absolute Gasteiger partial charge is 0.497 e. The summed E-state index contributed by atoms with van der Waals surface area (Å²) in [6.07, 6.45) is 1.03. The smallest absolute Gasteiger partial charge is 0.325 e. The quantitative estimate of drug-likeness (QED) is 0.725. The molecule has 0 spiro atoms. The van der Waals surface area contributed by atoms with Gasteiger partial charge in [0.2, 0.25) is 5.91 Å². The van der Waals surface area contributed by atoms with Gasteiger partial charge in [-0.1, -0.05) is 0 Å². The summed E-state index contributed by atoms with van der Waals surface area (Å²) < 4.78 is 5.02. The second kappa shape index (κ2) is 9.85. The Hall–Kier alpha value is -2.32. The van der Waals surface area contributed by atoms with Crippen molar-refractivity contribution < 1.29 is 24.2 Å². The number of carboxylic acid groups (broad SMARTS) is 1. The molecule has 8 nitrogen and oxygen atoms in total. The number of nitrogens with zero attached hydrogens (tertiary/aromatic N) is 1. The van der Waals surface area contributed by atoms with E-state index in [1.807, 2.05) is 4.90 Å². The van der Waals surface area contributed by atoms with Gasteiger partial charge in [0.15, 0.2) is 0 Å². The first-order valence-corrected chi connectivity index (χ1v) is 7.68. The van der Waals surface area contributed by atoms with E-state index < -0.39 is 17.9 Å². The summed E-state index contributed by atoms with van der Waals surface area (Å²) in [7, 11) is 1.55. The minimum atomic E-state index is -0.794. The van der Waals surface area contributed by atoms with Crippen molar-refractivity contribution in [2.45, 2.75) is 12.8 Å². The summed E-state index contributed by atoms with van der Waals surface area (Å²) in [6.45, 7) is 1.14. The number of methoxy groups -OCH3 is 1. The van der Waals surface area contributed by atoms with Crippen LogP contribution in [0.1, 0.15) is 12.8 Å². The number of amides is 3. The van der Waals surface area contributed by atoms with Gasteiger partial charge in [0, 0.05) is 5.69 Å². The van der Waals surface area contributed by atoms with E-state index in [0.29, 0.717) is 37.4 Å². The van der Waals surface area contributed by atoms with E-state index in [0.717, 1.165) is 0 Å². The molecular weight excluding hydrogens is 350 g/mol. The molecule has 1 aliphatic rings. The van der Waals surface area contributed by atoms with Gasteiger partial charge in [-0.2, -0.15) is 0 Å². The number of rotatable bonds is 5. The highest BCUT2D eigenvalue weighted by molar-refractivity contribution is 6.01. The Labute approximate surface area is 151 Å². The molecular formula is C16H22ClN3O5. The number of aliphatic carboxylic acids is 1. The van der Waals surface area contributed by atoms with Crippen LogP contribution in [0.25, 0.3) is 0 Å². The molecule has 0 bridgehead atoms. The summed E-state index contributed by atoms with van der Waals surface area (Å²) in [5, 5.41) is 13.8. The van der Waals surface area contributed by atoms with Crippen molar-refractivity contribution in [2.75, 3.05) is 32.1 Å². The van der Waals surface area contributed by atoms with Crippen molar-refractivity contribution in [1.29, 1.82) is 0 Å². The van der Waals surface area contributed by atoms with Crippen LogP contribution in [0.5, 0.6) is 5.75 Å². The molecule has 0 saturated carbocycles. The van der Waals surface area contributed by atoms with Crippen molar-refractivity contribution in [3.63, 3.8) is 0 Å². The van der Waals surface area contributed by atoms with E-state index in [-0.39, 0.29) is 24.9 Å². The summed E-state index contributed by atoms with van der Waals surface area (Å²) in [4.78, 5) is 36.4. The standard InChI is InChI=1S/C16H21N3O5.ClH/c1-24-13-4-2-12(3-5-13)17-16(23)18-14(20)10-19-8-6-11(7-9-19)15(21)22;/h2-5,11H,6-10H2,1H3,(H,21,22)(H2,17,18,20,23);1H. The molecule has 3 N–H and O–H groups in total. The third-order valence-electron chi connectivity index (χ3n) is 3.90. The Bertz CT molecular complexity index is 600. The molecule has 1 aromatic carbocycles. The number of hydrogen-bond donors (Lipinski definition) is 3. The number of anilines is 1. The summed E-state index contributed by atoms with van der Waals surface area (Å²) in [5.74, 6) is -0.891. The number of ether oxygens (including phenoxy) is 1. The number of likely N-dealkylation sites (tertiary alicyclic amines) is 1. The average Bonchev–Trinajstić information content (AvgIpc) is 2.55. The molecule has 1 saturated heterocycles. The molecule has 0 unspecified atom stereocenters. The fourth-order valence-corrected chi connectivity index (χ4v) is 2.54. The van der Waals surface area contributed by atoms with Gasteiger partial charge >= 0.3 is 12.0 Å². The molecule has 1 fully saturated rings. The van der Waals surface area contributed by atoms with Crippen molar-refractivity contribution in [3.8, 4) is 5.75 Å². The van der Waals surface area contributed by atoms with E-state index in [1.54, 1.807) is 31.4 Å². The highest BCUT2D eigenvalue weighted by atomic mass is 35.5. The highest BCUT2D eigenvalue weighted by Gasteiger charge is 2.25. The zero-order chi connectivity index (χ0) is 17.5. The number of carboxylic acids is 1. The number of carbonyl (C=O) groups is 3. The van der Waals surface area contributed by atoms with E-state index >= 15 is 0 Å². The van der Waals surface area contributed by atoms with Crippen LogP contribution in [0.2, 0.25) is 0 Å². The molecule has 1 heterocycles. The van der Waals surface area contributed by atoms with Gasteiger partial charge in [-0.25, -0.2) is 4.79 Å². The molecule has 9 heteroatoms. The predicted molar refractivity (Wildman–Crippen MR) is 94.2 cm³/mol. The maximum Gasteiger partial charge on any atom is 0.325 e. The number of urea groups is 1. The lowest BCUT2D eigenvalue weighted by Crippen LogP contribution is -2.45. The number of carbonyl (C=O) groups excluding carboxylic acids is 2. The lowest BCUT2D eigenvalue weighted by Gasteiger charge is -2.29. The van der Waals surface area contributed by atoms with Crippen LogP contribution >= 0.6 is 12.4 Å².